The van der Waals surface area contributed by atoms with Crippen molar-refractivity contribution in [3.63, 3.8) is 0 Å². The van der Waals surface area contributed by atoms with Crippen molar-refractivity contribution in [1.82, 2.24) is 15.5 Å². The van der Waals surface area contributed by atoms with Gasteiger partial charge in [0.25, 0.3) is 0 Å². The van der Waals surface area contributed by atoms with Gasteiger partial charge in [-0.1, -0.05) is 18.3 Å². The van der Waals surface area contributed by atoms with E-state index in [-0.39, 0.29) is 5.56 Å². The Morgan fingerprint density at radius 2 is 1.80 bits per heavy atom. The minimum absolute atomic E-state index is 0.201. The second-order valence-electron chi connectivity index (χ2n) is 4.25. The minimum Gasteiger partial charge on any atom is -0.316 e. The van der Waals surface area contributed by atoms with Crippen molar-refractivity contribution in [2.24, 2.45) is 0 Å². The number of halogens is 3. The summed E-state index contributed by atoms with van der Waals surface area (Å²) >= 11 is 1.25. The smallest absolute Gasteiger partial charge is 0.194 e. The minimum atomic E-state index is -1.47. The van der Waals surface area contributed by atoms with Crippen molar-refractivity contribution >= 4 is 11.3 Å². The molecule has 2 rings (SSSR count). The van der Waals surface area contributed by atoms with Crippen LogP contribution in [0.25, 0.3) is 10.6 Å². The fourth-order valence-electron chi connectivity index (χ4n) is 1.65. The molecule has 20 heavy (non-hydrogen) atoms. The molecule has 0 saturated carbocycles. The molecule has 0 aliphatic heterocycles. The Labute approximate surface area is 118 Å². The molecule has 0 aliphatic rings. The molecule has 1 aromatic carbocycles. The monoisotopic (exact) mass is 301 g/mol. The third-order valence-electron chi connectivity index (χ3n) is 2.64. The highest BCUT2D eigenvalue weighted by atomic mass is 32.1. The van der Waals surface area contributed by atoms with Crippen LogP contribution in [0, 0.1) is 17.5 Å². The molecule has 1 aromatic heterocycles. The van der Waals surface area contributed by atoms with Gasteiger partial charge in [0, 0.05) is 18.5 Å². The van der Waals surface area contributed by atoms with Gasteiger partial charge in [0.15, 0.2) is 17.5 Å². The molecule has 108 valence electrons. The van der Waals surface area contributed by atoms with Crippen LogP contribution in [0.3, 0.4) is 0 Å². The molecule has 0 fully saturated rings. The maximum atomic E-state index is 13.2. The molecule has 0 saturated heterocycles. The van der Waals surface area contributed by atoms with Crippen LogP contribution in [0.1, 0.15) is 18.4 Å². The van der Waals surface area contributed by atoms with Crippen LogP contribution < -0.4 is 5.32 Å². The number of aromatic nitrogens is 2. The normalized spacial score (nSPS) is 11.0. The van der Waals surface area contributed by atoms with E-state index in [9.17, 15) is 13.2 Å². The van der Waals surface area contributed by atoms with Gasteiger partial charge < -0.3 is 5.32 Å². The lowest BCUT2D eigenvalue weighted by atomic mass is 10.2. The van der Waals surface area contributed by atoms with Gasteiger partial charge in [0.1, 0.15) is 10.0 Å². The van der Waals surface area contributed by atoms with Gasteiger partial charge in [-0.2, -0.15) is 0 Å². The molecule has 0 spiro atoms. The number of nitrogens with zero attached hydrogens (tertiary/aromatic N) is 2. The lowest BCUT2D eigenvalue weighted by Gasteiger charge is -1.99. The van der Waals surface area contributed by atoms with E-state index in [0.717, 1.165) is 36.7 Å². The fourth-order valence-corrected chi connectivity index (χ4v) is 2.47. The van der Waals surface area contributed by atoms with Gasteiger partial charge in [-0.25, -0.2) is 13.2 Å². The SMILES string of the molecule is CCCNCCc1nnc(-c2cc(F)c(F)c(F)c2)s1. The lowest BCUT2D eigenvalue weighted by molar-refractivity contribution is 0.447. The van der Waals surface area contributed by atoms with Gasteiger partial charge >= 0.3 is 0 Å². The van der Waals surface area contributed by atoms with Gasteiger partial charge in [-0.05, 0) is 25.1 Å². The first-order valence-corrected chi connectivity index (χ1v) is 7.11. The second-order valence-corrected chi connectivity index (χ2v) is 5.32. The summed E-state index contributed by atoms with van der Waals surface area (Å²) in [7, 11) is 0. The Kier molecular flexibility index (Phi) is 5.08. The Morgan fingerprint density at radius 3 is 2.45 bits per heavy atom. The Balaban J connectivity index is 2.08. The number of benzene rings is 1. The van der Waals surface area contributed by atoms with Gasteiger partial charge in [-0.15, -0.1) is 10.2 Å². The van der Waals surface area contributed by atoms with Crippen LogP contribution in [-0.4, -0.2) is 23.3 Å². The van der Waals surface area contributed by atoms with Crippen molar-refractivity contribution in [3.8, 4) is 10.6 Å². The molecule has 7 heteroatoms. The topological polar surface area (TPSA) is 37.8 Å². The number of rotatable bonds is 6. The Morgan fingerprint density at radius 1 is 1.10 bits per heavy atom. The zero-order valence-electron chi connectivity index (χ0n) is 10.9. The van der Waals surface area contributed by atoms with Gasteiger partial charge in [-0.3, -0.25) is 0 Å². The highest BCUT2D eigenvalue weighted by molar-refractivity contribution is 7.14. The molecule has 0 atom stereocenters. The molecule has 0 radical (unpaired) electrons. The number of nitrogens with one attached hydrogen (secondary N) is 1. The highest BCUT2D eigenvalue weighted by Gasteiger charge is 2.14. The molecule has 0 amide bonds. The van der Waals surface area contributed by atoms with Gasteiger partial charge in [0.2, 0.25) is 0 Å². The molecule has 2 aromatic rings. The van der Waals surface area contributed by atoms with Crippen molar-refractivity contribution < 1.29 is 13.2 Å². The molecule has 3 nitrogen and oxygen atoms in total. The molecular formula is C13H14F3N3S. The first-order chi connectivity index (χ1) is 9.61. The zero-order valence-corrected chi connectivity index (χ0v) is 11.7. The molecular weight excluding hydrogens is 287 g/mol. The third kappa shape index (κ3) is 3.55. The van der Waals surface area contributed by atoms with Crippen LogP contribution in [0.2, 0.25) is 0 Å². The van der Waals surface area contributed by atoms with E-state index in [1.54, 1.807) is 0 Å². The Hall–Kier alpha value is -1.47. The Bertz CT molecular complexity index is 563. The standard InChI is InChI=1S/C13H14F3N3S/c1-2-4-17-5-3-11-18-19-13(20-11)8-6-9(14)12(16)10(15)7-8/h6-7,17H,2-5H2,1H3. The first-order valence-electron chi connectivity index (χ1n) is 6.29. The van der Waals surface area contributed by atoms with Crippen LogP contribution in [0.4, 0.5) is 13.2 Å². The third-order valence-corrected chi connectivity index (χ3v) is 3.67. The molecule has 0 bridgehead atoms. The lowest BCUT2D eigenvalue weighted by Crippen LogP contribution is -2.17. The summed E-state index contributed by atoms with van der Waals surface area (Å²) in [4.78, 5) is 0. The molecule has 1 heterocycles. The van der Waals surface area contributed by atoms with Crippen molar-refractivity contribution in [2.45, 2.75) is 19.8 Å². The van der Waals surface area contributed by atoms with E-state index >= 15 is 0 Å². The predicted octanol–water partition coefficient (Wildman–Crippen LogP) is 3.16. The maximum Gasteiger partial charge on any atom is 0.194 e. The summed E-state index contributed by atoms with van der Waals surface area (Å²) in [5.41, 5.74) is 0.201. The second kappa shape index (κ2) is 6.81. The summed E-state index contributed by atoms with van der Waals surface area (Å²) in [6, 6.07) is 1.86. The van der Waals surface area contributed by atoms with E-state index in [1.165, 1.54) is 11.3 Å². The van der Waals surface area contributed by atoms with E-state index in [0.29, 0.717) is 11.4 Å². The molecule has 1 N–H and O–H groups in total. The first kappa shape index (κ1) is 14.9. The van der Waals surface area contributed by atoms with Gasteiger partial charge in [0.05, 0.1) is 0 Å². The quantitative estimate of drug-likeness (QED) is 0.658. The average molecular weight is 301 g/mol. The molecule has 0 unspecified atom stereocenters. The fraction of sp³-hybridized carbons (Fsp3) is 0.385. The summed E-state index contributed by atoms with van der Waals surface area (Å²) in [6.45, 7) is 3.78. The van der Waals surface area contributed by atoms with E-state index in [2.05, 4.69) is 22.4 Å². The number of hydrogen-bond acceptors (Lipinski definition) is 4. The summed E-state index contributed by atoms with van der Waals surface area (Å²) in [5.74, 6) is -3.91. The van der Waals surface area contributed by atoms with Crippen LogP contribution in [-0.2, 0) is 6.42 Å². The van der Waals surface area contributed by atoms with E-state index < -0.39 is 17.5 Å². The largest absolute Gasteiger partial charge is 0.316 e. The molecule has 0 aliphatic carbocycles. The van der Waals surface area contributed by atoms with Crippen molar-refractivity contribution in [1.29, 1.82) is 0 Å². The average Bonchev–Trinajstić information content (AvgIpc) is 2.89. The summed E-state index contributed by atoms with van der Waals surface area (Å²) in [5, 5.41) is 12.2. The van der Waals surface area contributed by atoms with Crippen LogP contribution in [0.5, 0.6) is 0 Å². The summed E-state index contributed by atoms with van der Waals surface area (Å²) < 4.78 is 39.2. The van der Waals surface area contributed by atoms with Crippen molar-refractivity contribution in [3.05, 3.63) is 34.6 Å². The van der Waals surface area contributed by atoms with E-state index in [1.807, 2.05) is 0 Å². The highest BCUT2D eigenvalue weighted by Crippen LogP contribution is 2.26. The summed E-state index contributed by atoms with van der Waals surface area (Å²) in [6.07, 6.45) is 1.75. The number of hydrogen-bond donors (Lipinski definition) is 1. The van der Waals surface area contributed by atoms with Crippen molar-refractivity contribution in [2.75, 3.05) is 13.1 Å². The van der Waals surface area contributed by atoms with Crippen LogP contribution >= 0.6 is 11.3 Å². The van der Waals surface area contributed by atoms with E-state index in [4.69, 9.17) is 0 Å². The zero-order chi connectivity index (χ0) is 14.5. The predicted molar refractivity (Wildman–Crippen MR) is 72.1 cm³/mol. The van der Waals surface area contributed by atoms with Crippen LogP contribution in [0.15, 0.2) is 12.1 Å². The maximum absolute atomic E-state index is 13.2.